The van der Waals surface area contributed by atoms with Crippen LogP contribution >= 0.6 is 69.6 Å². The van der Waals surface area contributed by atoms with Gasteiger partial charge in [-0.2, -0.15) is 8.42 Å². The highest BCUT2D eigenvalue weighted by Gasteiger charge is 2.27. The number of halogens is 6. The minimum absolute atomic E-state index is 0.00589. The second kappa shape index (κ2) is 13.2. The molecule has 0 aromatic heterocycles. The van der Waals surface area contributed by atoms with Crippen LogP contribution in [-0.2, 0) is 28.6 Å². The van der Waals surface area contributed by atoms with Crippen molar-refractivity contribution in [2.75, 3.05) is 13.2 Å². The zero-order valence-corrected chi connectivity index (χ0v) is 22.8. The molecule has 0 fully saturated rings. The Morgan fingerprint density at radius 3 is 1.91 bits per heavy atom. The van der Waals surface area contributed by atoms with Crippen LogP contribution in [-0.4, -0.2) is 46.6 Å². The fraction of sp³-hybridized carbons (Fsp3) is 0.526. The first-order chi connectivity index (χ1) is 15.0. The molecule has 0 aliphatic carbocycles. The van der Waals surface area contributed by atoms with E-state index in [9.17, 15) is 18.3 Å². The Bertz CT molecular complexity index is 903. The number of aliphatic carboxylic acids is 1. The highest BCUT2D eigenvalue weighted by atomic mass is 35.6. The first kappa shape index (κ1) is 30.9. The van der Waals surface area contributed by atoms with Gasteiger partial charge in [0, 0.05) is 6.42 Å². The highest BCUT2D eigenvalue weighted by Crippen LogP contribution is 2.30. The SMILES string of the molecule is C/C(OS(=O)(=O)c1ccc(C)cc1)=C(/CCC(OCC(Cl)(Cl)Cl)OCC(Cl)(Cl)Cl)CC(=O)O. The lowest BCUT2D eigenvalue weighted by atomic mass is 10.1. The molecule has 0 atom stereocenters. The van der Waals surface area contributed by atoms with E-state index in [-0.39, 0.29) is 42.3 Å². The molecule has 1 N–H and O–H groups in total. The van der Waals surface area contributed by atoms with Gasteiger partial charge < -0.3 is 18.8 Å². The smallest absolute Gasteiger partial charge is 0.338 e. The van der Waals surface area contributed by atoms with Gasteiger partial charge in [-0.3, -0.25) is 4.79 Å². The van der Waals surface area contributed by atoms with Gasteiger partial charge in [-0.15, -0.1) is 0 Å². The lowest BCUT2D eigenvalue weighted by Crippen LogP contribution is -2.27. The lowest BCUT2D eigenvalue weighted by Gasteiger charge is -2.23. The highest BCUT2D eigenvalue weighted by molar-refractivity contribution is 7.86. The second-order valence-electron chi connectivity index (χ2n) is 6.90. The van der Waals surface area contributed by atoms with Crippen molar-refractivity contribution in [3.8, 4) is 0 Å². The van der Waals surface area contributed by atoms with Crippen LogP contribution in [0.25, 0.3) is 0 Å². The van der Waals surface area contributed by atoms with E-state index >= 15 is 0 Å². The van der Waals surface area contributed by atoms with Crippen LogP contribution in [0.15, 0.2) is 40.5 Å². The van der Waals surface area contributed by atoms with Crippen molar-refractivity contribution in [3.63, 3.8) is 0 Å². The average molecular weight is 607 g/mol. The van der Waals surface area contributed by atoms with E-state index in [1.165, 1.54) is 19.1 Å². The molecule has 0 unspecified atom stereocenters. The Labute approximate surface area is 222 Å². The zero-order valence-electron chi connectivity index (χ0n) is 17.5. The van der Waals surface area contributed by atoms with Crippen LogP contribution in [0.1, 0.15) is 31.7 Å². The molecule has 0 amide bonds. The van der Waals surface area contributed by atoms with Crippen molar-refractivity contribution in [2.45, 2.75) is 51.9 Å². The molecule has 0 aliphatic rings. The lowest BCUT2D eigenvalue weighted by molar-refractivity contribution is -0.144. The predicted octanol–water partition coefficient (Wildman–Crippen LogP) is 6.33. The van der Waals surface area contributed by atoms with E-state index in [1.807, 2.05) is 0 Å². The molecule has 7 nitrogen and oxygen atoms in total. The fourth-order valence-electron chi connectivity index (χ4n) is 2.43. The van der Waals surface area contributed by atoms with Gasteiger partial charge in [0.1, 0.15) is 10.7 Å². The van der Waals surface area contributed by atoms with Gasteiger partial charge >= 0.3 is 16.1 Å². The van der Waals surface area contributed by atoms with Gasteiger partial charge in [0.15, 0.2) is 6.29 Å². The molecule has 1 rings (SSSR count). The number of carboxylic acids is 1. The number of alkyl halides is 6. The van der Waals surface area contributed by atoms with E-state index in [1.54, 1.807) is 19.1 Å². The normalized spacial score (nSPS) is 13.7. The Balaban J connectivity index is 3.04. The first-order valence-electron chi connectivity index (χ1n) is 9.27. The van der Waals surface area contributed by atoms with E-state index < -0.39 is 36.4 Å². The van der Waals surface area contributed by atoms with Crippen molar-refractivity contribution in [3.05, 3.63) is 41.2 Å². The largest absolute Gasteiger partial charge is 0.481 e. The molecular formula is C19H22Cl6O7S. The van der Waals surface area contributed by atoms with E-state index in [0.717, 1.165) is 5.56 Å². The molecule has 0 radical (unpaired) electrons. The molecule has 33 heavy (non-hydrogen) atoms. The fourth-order valence-corrected chi connectivity index (χ4v) is 3.82. The van der Waals surface area contributed by atoms with E-state index in [2.05, 4.69) is 0 Å². The Morgan fingerprint density at radius 2 is 1.48 bits per heavy atom. The van der Waals surface area contributed by atoms with Gasteiger partial charge in [0.05, 0.1) is 19.6 Å². The standard InChI is InChI=1S/C19H22Cl6O7S/c1-12-3-6-15(7-4-12)33(28,29)32-13(2)14(9-16(26)27)5-8-17(30-10-18(20,21)22)31-11-19(23,24)25/h3-4,6-7,17H,5,8-11H2,1-2H3,(H,26,27)/b14-13+. The van der Waals surface area contributed by atoms with Crippen LogP contribution in [0.3, 0.4) is 0 Å². The molecule has 0 heterocycles. The number of carbonyl (C=O) groups is 1. The summed E-state index contributed by atoms with van der Waals surface area (Å²) in [4.78, 5) is 11.3. The minimum atomic E-state index is -4.17. The predicted molar refractivity (Wildman–Crippen MR) is 130 cm³/mol. The number of carboxylic acid groups (broad SMARTS) is 1. The number of benzene rings is 1. The van der Waals surface area contributed by atoms with Gasteiger partial charge in [0.2, 0.25) is 7.59 Å². The van der Waals surface area contributed by atoms with Crippen molar-refractivity contribution < 1.29 is 32.0 Å². The summed E-state index contributed by atoms with van der Waals surface area (Å²) >= 11 is 34.1. The first-order valence-corrected chi connectivity index (χ1v) is 12.9. The van der Waals surface area contributed by atoms with Crippen LogP contribution in [0, 0.1) is 6.92 Å². The summed E-state index contributed by atoms with van der Waals surface area (Å²) in [5, 5.41) is 9.26. The Morgan fingerprint density at radius 1 is 1.00 bits per heavy atom. The van der Waals surface area contributed by atoms with E-state index in [4.69, 9.17) is 83.3 Å². The molecule has 1 aromatic carbocycles. The molecule has 188 valence electrons. The molecular weight excluding hydrogens is 585 g/mol. The number of hydrogen-bond donors (Lipinski definition) is 1. The topological polar surface area (TPSA) is 99.1 Å². The molecule has 0 spiro atoms. The number of rotatable bonds is 12. The minimum Gasteiger partial charge on any atom is -0.481 e. The van der Waals surface area contributed by atoms with Crippen LogP contribution in [0.4, 0.5) is 0 Å². The van der Waals surface area contributed by atoms with Crippen molar-refractivity contribution in [2.24, 2.45) is 0 Å². The third kappa shape index (κ3) is 13.5. The maximum absolute atomic E-state index is 12.6. The third-order valence-electron chi connectivity index (χ3n) is 3.95. The number of aryl methyl sites for hydroxylation is 1. The monoisotopic (exact) mass is 604 g/mol. The van der Waals surface area contributed by atoms with Crippen LogP contribution in [0.2, 0.25) is 0 Å². The van der Waals surface area contributed by atoms with Gasteiger partial charge in [-0.05, 0) is 38.0 Å². The van der Waals surface area contributed by atoms with Gasteiger partial charge in [-0.25, -0.2) is 0 Å². The maximum Gasteiger partial charge on any atom is 0.338 e. The number of ether oxygens (including phenoxy) is 2. The Hall–Kier alpha value is -0.160. The summed E-state index contributed by atoms with van der Waals surface area (Å²) in [6.45, 7) is 2.43. The zero-order chi connectivity index (χ0) is 25.4. The molecule has 14 heteroatoms. The van der Waals surface area contributed by atoms with Crippen molar-refractivity contribution in [1.82, 2.24) is 0 Å². The quantitative estimate of drug-likeness (QED) is 0.128. The molecule has 0 bridgehead atoms. The maximum atomic E-state index is 12.6. The molecule has 0 saturated carbocycles. The number of allylic oxidation sites excluding steroid dienone is 1. The van der Waals surface area contributed by atoms with E-state index in [0.29, 0.717) is 0 Å². The second-order valence-corrected chi connectivity index (χ2v) is 13.5. The molecule has 0 saturated heterocycles. The Kier molecular flexibility index (Phi) is 12.4. The summed E-state index contributed by atoms with van der Waals surface area (Å²) in [5.41, 5.74) is 1.04. The average Bonchev–Trinajstić information content (AvgIpc) is 2.64. The van der Waals surface area contributed by atoms with Crippen LogP contribution < -0.4 is 0 Å². The molecule has 1 aromatic rings. The third-order valence-corrected chi connectivity index (χ3v) is 5.93. The summed E-state index contributed by atoms with van der Waals surface area (Å²) in [6, 6.07) is 6.00. The summed E-state index contributed by atoms with van der Waals surface area (Å²) in [5.74, 6) is -1.29. The molecule has 0 aliphatic heterocycles. The van der Waals surface area contributed by atoms with Crippen molar-refractivity contribution in [1.29, 1.82) is 0 Å². The summed E-state index contributed by atoms with van der Waals surface area (Å²) in [6.07, 6.45) is -1.51. The summed E-state index contributed by atoms with van der Waals surface area (Å²) < 4.78 is 37.6. The summed E-state index contributed by atoms with van der Waals surface area (Å²) in [7, 11) is -4.17. The van der Waals surface area contributed by atoms with Gasteiger partial charge in [0.25, 0.3) is 0 Å². The van der Waals surface area contributed by atoms with Crippen molar-refractivity contribution >= 4 is 85.7 Å². The van der Waals surface area contributed by atoms with Crippen LogP contribution in [0.5, 0.6) is 0 Å². The number of hydrogen-bond acceptors (Lipinski definition) is 6. The van der Waals surface area contributed by atoms with Gasteiger partial charge in [-0.1, -0.05) is 87.3 Å².